The Labute approximate surface area is 111 Å². The minimum Gasteiger partial charge on any atom is -0.478 e. The normalized spacial score (nSPS) is 22.2. The molecular formula is C13H11F3N2O2. The van der Waals surface area contributed by atoms with Crippen molar-refractivity contribution in [1.82, 2.24) is 9.55 Å². The predicted molar refractivity (Wildman–Crippen MR) is 64.5 cm³/mol. The van der Waals surface area contributed by atoms with Gasteiger partial charge in [0.1, 0.15) is 0 Å². The Hall–Kier alpha value is -2.05. The van der Waals surface area contributed by atoms with E-state index in [1.54, 1.807) is 0 Å². The molecule has 1 heterocycles. The molecule has 1 N–H and O–H groups in total. The first-order chi connectivity index (χ1) is 9.29. The fourth-order valence-corrected chi connectivity index (χ4v) is 2.43. The number of halogens is 3. The summed E-state index contributed by atoms with van der Waals surface area (Å²) in [4.78, 5) is 14.5. The molecule has 1 fully saturated rings. The van der Waals surface area contributed by atoms with Gasteiger partial charge in [0.05, 0.1) is 16.6 Å². The van der Waals surface area contributed by atoms with E-state index in [1.807, 2.05) is 6.92 Å². The maximum absolute atomic E-state index is 13.1. The number of imidazole rings is 1. The summed E-state index contributed by atoms with van der Waals surface area (Å²) >= 11 is 0. The zero-order valence-corrected chi connectivity index (χ0v) is 10.5. The molecule has 3 rings (SSSR count). The number of carbonyl (C=O) groups is 1. The second kappa shape index (κ2) is 3.97. The maximum Gasteiger partial charge on any atom is 0.449 e. The monoisotopic (exact) mass is 284 g/mol. The molecule has 0 aliphatic heterocycles. The molecule has 7 heteroatoms. The van der Waals surface area contributed by atoms with Gasteiger partial charge < -0.3 is 9.67 Å². The highest BCUT2D eigenvalue weighted by Gasteiger charge is 2.44. The molecule has 1 aliphatic carbocycles. The molecule has 2 aromatic rings. The van der Waals surface area contributed by atoms with Crippen molar-refractivity contribution in [3.05, 3.63) is 29.6 Å². The molecule has 1 aromatic heterocycles. The van der Waals surface area contributed by atoms with Crippen LogP contribution >= 0.6 is 0 Å². The van der Waals surface area contributed by atoms with Gasteiger partial charge in [0.25, 0.3) is 0 Å². The number of rotatable bonds is 2. The maximum atomic E-state index is 13.1. The standard InChI is InChI=1S/C13H11F3N2O2/c1-6-4-10(6)18-9-3-2-7(11(19)20)5-8(9)17-12(18)13(14,15)16/h2-3,5-6,10H,4H2,1H3,(H,19,20). The first-order valence-corrected chi connectivity index (χ1v) is 6.11. The van der Waals surface area contributed by atoms with Gasteiger partial charge in [-0.2, -0.15) is 13.2 Å². The predicted octanol–water partition coefficient (Wildman–Crippen LogP) is 3.33. The zero-order valence-electron chi connectivity index (χ0n) is 10.5. The molecule has 0 bridgehead atoms. The average molecular weight is 284 g/mol. The summed E-state index contributed by atoms with van der Waals surface area (Å²) in [6, 6.07) is 3.66. The number of alkyl halides is 3. The highest BCUT2D eigenvalue weighted by Crippen LogP contribution is 2.47. The van der Waals surface area contributed by atoms with E-state index in [-0.39, 0.29) is 23.0 Å². The van der Waals surface area contributed by atoms with Gasteiger partial charge in [0.15, 0.2) is 0 Å². The van der Waals surface area contributed by atoms with Crippen molar-refractivity contribution in [2.24, 2.45) is 5.92 Å². The van der Waals surface area contributed by atoms with E-state index in [4.69, 9.17) is 5.11 Å². The van der Waals surface area contributed by atoms with Crippen molar-refractivity contribution in [3.63, 3.8) is 0 Å². The Morgan fingerprint density at radius 3 is 2.60 bits per heavy atom. The first kappa shape index (κ1) is 13.0. The SMILES string of the molecule is CC1CC1n1c(C(F)(F)F)nc2cc(C(=O)O)ccc21. The second-order valence-electron chi connectivity index (χ2n) is 5.09. The number of carboxylic acids is 1. The van der Waals surface area contributed by atoms with Crippen molar-refractivity contribution >= 4 is 17.0 Å². The number of nitrogens with zero attached hydrogens (tertiary/aromatic N) is 2. The van der Waals surface area contributed by atoms with E-state index in [0.717, 1.165) is 0 Å². The van der Waals surface area contributed by atoms with Crippen molar-refractivity contribution < 1.29 is 23.1 Å². The molecule has 1 aromatic carbocycles. The van der Waals surface area contributed by atoms with Crippen molar-refractivity contribution in [2.45, 2.75) is 25.6 Å². The van der Waals surface area contributed by atoms with Crippen molar-refractivity contribution in [3.8, 4) is 0 Å². The van der Waals surface area contributed by atoms with Crippen LogP contribution in [-0.4, -0.2) is 20.6 Å². The van der Waals surface area contributed by atoms with E-state index < -0.39 is 18.0 Å². The van der Waals surface area contributed by atoms with Crippen molar-refractivity contribution in [1.29, 1.82) is 0 Å². The van der Waals surface area contributed by atoms with E-state index in [9.17, 15) is 18.0 Å². The minimum absolute atomic E-state index is 0.0660. The molecule has 106 valence electrons. The lowest BCUT2D eigenvalue weighted by atomic mass is 10.2. The third kappa shape index (κ3) is 1.93. The number of aromatic nitrogens is 2. The summed E-state index contributed by atoms with van der Waals surface area (Å²) in [6.07, 6.45) is -3.88. The van der Waals surface area contributed by atoms with Crippen LogP contribution in [0.25, 0.3) is 11.0 Å². The Morgan fingerprint density at radius 2 is 2.10 bits per heavy atom. The average Bonchev–Trinajstić information content (AvgIpc) is 2.93. The number of hydrogen-bond acceptors (Lipinski definition) is 2. The fourth-order valence-electron chi connectivity index (χ4n) is 2.43. The molecule has 4 nitrogen and oxygen atoms in total. The number of carboxylic acid groups (broad SMARTS) is 1. The largest absolute Gasteiger partial charge is 0.478 e. The van der Waals surface area contributed by atoms with Gasteiger partial charge in [-0.05, 0) is 30.5 Å². The molecule has 2 unspecified atom stereocenters. The third-order valence-corrected chi connectivity index (χ3v) is 3.59. The third-order valence-electron chi connectivity index (χ3n) is 3.59. The number of benzene rings is 1. The molecule has 0 radical (unpaired) electrons. The van der Waals surface area contributed by atoms with E-state index >= 15 is 0 Å². The molecule has 1 aliphatic rings. The van der Waals surface area contributed by atoms with Gasteiger partial charge in [-0.1, -0.05) is 6.92 Å². The van der Waals surface area contributed by atoms with Crippen LogP contribution in [0.15, 0.2) is 18.2 Å². The molecular weight excluding hydrogens is 273 g/mol. The van der Waals surface area contributed by atoms with Crippen molar-refractivity contribution in [2.75, 3.05) is 0 Å². The Balaban J connectivity index is 2.24. The Morgan fingerprint density at radius 1 is 1.45 bits per heavy atom. The summed E-state index contributed by atoms with van der Waals surface area (Å²) in [7, 11) is 0. The lowest BCUT2D eigenvalue weighted by Gasteiger charge is -2.10. The van der Waals surface area contributed by atoms with E-state index in [0.29, 0.717) is 11.9 Å². The zero-order chi connectivity index (χ0) is 14.7. The van der Waals surface area contributed by atoms with Crippen LogP contribution in [0.5, 0.6) is 0 Å². The summed E-state index contributed by atoms with van der Waals surface area (Å²) < 4.78 is 40.4. The summed E-state index contributed by atoms with van der Waals surface area (Å²) in [5.74, 6) is -1.97. The summed E-state index contributed by atoms with van der Waals surface area (Å²) in [6.45, 7) is 1.88. The molecule has 0 amide bonds. The Bertz CT molecular complexity index is 705. The minimum atomic E-state index is -4.55. The van der Waals surface area contributed by atoms with Gasteiger partial charge in [0.2, 0.25) is 5.82 Å². The molecule has 0 saturated heterocycles. The Kier molecular flexibility index (Phi) is 2.57. The van der Waals surface area contributed by atoms with Gasteiger partial charge in [-0.3, -0.25) is 0 Å². The van der Waals surface area contributed by atoms with Crippen LogP contribution in [0.2, 0.25) is 0 Å². The van der Waals surface area contributed by atoms with Crippen LogP contribution in [0.4, 0.5) is 13.2 Å². The fraction of sp³-hybridized carbons (Fsp3) is 0.385. The molecule has 2 atom stereocenters. The topological polar surface area (TPSA) is 55.1 Å². The lowest BCUT2D eigenvalue weighted by Crippen LogP contribution is -2.14. The van der Waals surface area contributed by atoms with Crippen LogP contribution in [-0.2, 0) is 6.18 Å². The quantitative estimate of drug-likeness (QED) is 0.920. The van der Waals surface area contributed by atoms with Gasteiger partial charge in [-0.25, -0.2) is 9.78 Å². The van der Waals surface area contributed by atoms with Gasteiger partial charge in [0, 0.05) is 6.04 Å². The number of hydrogen-bond donors (Lipinski definition) is 1. The van der Waals surface area contributed by atoms with E-state index in [2.05, 4.69) is 4.98 Å². The number of aromatic carboxylic acids is 1. The van der Waals surface area contributed by atoms with Gasteiger partial charge >= 0.3 is 12.1 Å². The number of fused-ring (bicyclic) bond motifs is 1. The highest BCUT2D eigenvalue weighted by molar-refractivity contribution is 5.92. The molecule has 0 spiro atoms. The molecule has 1 saturated carbocycles. The molecule has 20 heavy (non-hydrogen) atoms. The van der Waals surface area contributed by atoms with E-state index in [1.165, 1.54) is 22.8 Å². The summed E-state index contributed by atoms with van der Waals surface area (Å²) in [5.41, 5.74) is 0.327. The van der Waals surface area contributed by atoms with Crippen LogP contribution in [0.3, 0.4) is 0 Å². The van der Waals surface area contributed by atoms with Crippen LogP contribution in [0.1, 0.15) is 35.6 Å². The first-order valence-electron chi connectivity index (χ1n) is 6.11. The smallest absolute Gasteiger partial charge is 0.449 e. The van der Waals surface area contributed by atoms with Crippen LogP contribution < -0.4 is 0 Å². The van der Waals surface area contributed by atoms with Crippen LogP contribution in [0, 0.1) is 5.92 Å². The lowest BCUT2D eigenvalue weighted by molar-refractivity contribution is -0.147. The van der Waals surface area contributed by atoms with Gasteiger partial charge in [-0.15, -0.1) is 0 Å². The second-order valence-corrected chi connectivity index (χ2v) is 5.09. The highest BCUT2D eigenvalue weighted by atomic mass is 19.4. The summed E-state index contributed by atoms with van der Waals surface area (Å²) in [5, 5.41) is 8.89.